The number of carbonyl (C=O) groups excluding carboxylic acids is 2. The molecule has 2 fully saturated rings. The molecule has 7 heteroatoms. The SMILES string of the molecule is Cn1ncc2cc(-c3ccc4cc(C(=O)N5CC[C@H]6OCC(=O)N[C@H]6C5)ccc4c3)ccc21. The first kappa shape index (κ1) is 19.9. The number of nitrogens with one attached hydrogen (secondary N) is 1. The van der Waals surface area contributed by atoms with Gasteiger partial charge in [-0.3, -0.25) is 14.3 Å². The van der Waals surface area contributed by atoms with Crippen LogP contribution in [-0.2, 0) is 16.6 Å². The van der Waals surface area contributed by atoms with Crippen LogP contribution in [0.2, 0.25) is 0 Å². The van der Waals surface area contributed by atoms with E-state index in [-0.39, 0.29) is 30.6 Å². The fraction of sp³-hybridized carbons (Fsp3) is 0.269. The lowest BCUT2D eigenvalue weighted by atomic mass is 9.97. The molecule has 4 aromatic rings. The topological polar surface area (TPSA) is 76.5 Å². The lowest BCUT2D eigenvalue weighted by molar-refractivity contribution is -0.139. The van der Waals surface area contributed by atoms with Crippen molar-refractivity contribution in [3.05, 3.63) is 66.4 Å². The number of carbonyl (C=O) groups is 2. The maximum absolute atomic E-state index is 13.2. The van der Waals surface area contributed by atoms with Crippen LogP contribution in [0.25, 0.3) is 32.8 Å². The Balaban J connectivity index is 1.25. The quantitative estimate of drug-likeness (QED) is 0.520. The van der Waals surface area contributed by atoms with Crippen molar-refractivity contribution in [3.8, 4) is 11.1 Å². The fourth-order valence-electron chi connectivity index (χ4n) is 4.97. The average Bonchev–Trinajstić information content (AvgIpc) is 3.22. The van der Waals surface area contributed by atoms with Crippen molar-refractivity contribution in [1.82, 2.24) is 20.0 Å². The molecule has 0 aliphatic carbocycles. The summed E-state index contributed by atoms with van der Waals surface area (Å²) in [5, 5.41) is 10.5. The van der Waals surface area contributed by atoms with E-state index >= 15 is 0 Å². The van der Waals surface area contributed by atoms with Crippen molar-refractivity contribution in [2.24, 2.45) is 7.05 Å². The normalized spacial score (nSPS) is 20.6. The largest absolute Gasteiger partial charge is 0.366 e. The summed E-state index contributed by atoms with van der Waals surface area (Å²) in [5.74, 6) is -0.129. The van der Waals surface area contributed by atoms with Crippen LogP contribution in [0, 0.1) is 0 Å². The number of morpholine rings is 1. The summed E-state index contributed by atoms with van der Waals surface area (Å²) in [5.41, 5.74) is 4.03. The Morgan fingerprint density at radius 2 is 1.79 bits per heavy atom. The molecule has 0 radical (unpaired) electrons. The Bertz CT molecular complexity index is 1410. The van der Waals surface area contributed by atoms with Gasteiger partial charge in [0.1, 0.15) is 6.61 Å². The second-order valence-electron chi connectivity index (χ2n) is 8.88. The van der Waals surface area contributed by atoms with E-state index in [4.69, 9.17) is 4.74 Å². The number of fused-ring (bicyclic) bond motifs is 3. The van der Waals surface area contributed by atoms with Crippen LogP contribution >= 0.6 is 0 Å². The smallest absolute Gasteiger partial charge is 0.253 e. The highest BCUT2D eigenvalue weighted by molar-refractivity contribution is 5.99. The van der Waals surface area contributed by atoms with E-state index in [1.807, 2.05) is 41.0 Å². The van der Waals surface area contributed by atoms with E-state index in [1.165, 1.54) is 0 Å². The second-order valence-corrected chi connectivity index (χ2v) is 8.88. The summed E-state index contributed by atoms with van der Waals surface area (Å²) in [6, 6.07) is 18.4. The van der Waals surface area contributed by atoms with Gasteiger partial charge in [-0.05, 0) is 58.7 Å². The Hall–Kier alpha value is -3.71. The molecular weight excluding hydrogens is 416 g/mol. The Kier molecular flexibility index (Phi) is 4.66. The molecule has 2 aliphatic rings. The molecule has 3 heterocycles. The van der Waals surface area contributed by atoms with Crippen LogP contribution in [0.4, 0.5) is 0 Å². The molecular formula is C26H24N4O3. The average molecular weight is 441 g/mol. The van der Waals surface area contributed by atoms with E-state index in [1.54, 1.807) is 0 Å². The van der Waals surface area contributed by atoms with E-state index in [0.29, 0.717) is 18.7 Å². The predicted molar refractivity (Wildman–Crippen MR) is 126 cm³/mol. The number of ether oxygens (including phenoxy) is 1. The van der Waals surface area contributed by atoms with Crippen molar-refractivity contribution in [2.45, 2.75) is 18.6 Å². The number of likely N-dealkylation sites (tertiary alicyclic amines) is 1. The highest BCUT2D eigenvalue weighted by Crippen LogP contribution is 2.28. The van der Waals surface area contributed by atoms with Crippen molar-refractivity contribution < 1.29 is 14.3 Å². The number of hydrogen-bond acceptors (Lipinski definition) is 4. The molecule has 2 atom stereocenters. The Labute approximate surface area is 190 Å². The number of aryl methyl sites for hydroxylation is 1. The summed E-state index contributed by atoms with van der Waals surface area (Å²) in [6.45, 7) is 1.21. The molecule has 3 aromatic carbocycles. The summed E-state index contributed by atoms with van der Waals surface area (Å²) in [7, 11) is 1.94. The number of piperidine rings is 1. The molecule has 166 valence electrons. The minimum absolute atomic E-state index is 0.00679. The summed E-state index contributed by atoms with van der Waals surface area (Å²) >= 11 is 0. The first-order valence-electron chi connectivity index (χ1n) is 11.2. The van der Waals surface area contributed by atoms with Crippen LogP contribution in [0.5, 0.6) is 0 Å². The third-order valence-corrected chi connectivity index (χ3v) is 6.78. The van der Waals surface area contributed by atoms with E-state index < -0.39 is 0 Å². The Morgan fingerprint density at radius 1 is 1.03 bits per heavy atom. The van der Waals surface area contributed by atoms with Gasteiger partial charge in [0.05, 0.1) is 23.9 Å². The van der Waals surface area contributed by atoms with Crippen LogP contribution in [0.3, 0.4) is 0 Å². The molecule has 7 nitrogen and oxygen atoms in total. The third-order valence-electron chi connectivity index (χ3n) is 6.78. The second kappa shape index (κ2) is 7.71. The first-order chi connectivity index (χ1) is 16.0. The molecule has 0 bridgehead atoms. The molecule has 0 spiro atoms. The van der Waals surface area contributed by atoms with E-state index in [9.17, 15) is 9.59 Å². The van der Waals surface area contributed by atoms with Gasteiger partial charge in [0, 0.05) is 31.1 Å². The molecule has 0 saturated carbocycles. The molecule has 1 aromatic heterocycles. The lowest BCUT2D eigenvalue weighted by Gasteiger charge is -2.41. The van der Waals surface area contributed by atoms with Crippen LogP contribution < -0.4 is 5.32 Å². The van der Waals surface area contributed by atoms with Gasteiger partial charge in [0.15, 0.2) is 0 Å². The fourth-order valence-corrected chi connectivity index (χ4v) is 4.97. The number of amides is 2. The number of benzene rings is 3. The molecule has 2 amide bonds. The number of hydrogen-bond donors (Lipinski definition) is 1. The number of nitrogens with zero attached hydrogens (tertiary/aromatic N) is 3. The molecule has 33 heavy (non-hydrogen) atoms. The molecule has 1 N–H and O–H groups in total. The van der Waals surface area contributed by atoms with Crippen molar-refractivity contribution in [3.63, 3.8) is 0 Å². The van der Waals surface area contributed by atoms with Gasteiger partial charge < -0.3 is 15.0 Å². The van der Waals surface area contributed by atoms with E-state index in [0.717, 1.165) is 39.2 Å². The van der Waals surface area contributed by atoms with E-state index in [2.05, 4.69) is 46.8 Å². The summed E-state index contributed by atoms with van der Waals surface area (Å²) < 4.78 is 7.47. The molecule has 2 saturated heterocycles. The number of aromatic nitrogens is 2. The van der Waals surface area contributed by atoms with Gasteiger partial charge in [0.2, 0.25) is 5.91 Å². The zero-order valence-electron chi connectivity index (χ0n) is 18.3. The molecule has 2 aliphatic heterocycles. The maximum atomic E-state index is 13.2. The molecule has 6 rings (SSSR count). The highest BCUT2D eigenvalue weighted by atomic mass is 16.5. The van der Waals surface area contributed by atoms with Gasteiger partial charge in [-0.1, -0.05) is 24.3 Å². The monoisotopic (exact) mass is 440 g/mol. The van der Waals surface area contributed by atoms with Gasteiger partial charge in [-0.25, -0.2) is 0 Å². The van der Waals surface area contributed by atoms with Crippen LogP contribution in [0.15, 0.2) is 60.8 Å². The molecule has 0 unspecified atom stereocenters. The van der Waals surface area contributed by atoms with Crippen molar-refractivity contribution in [1.29, 1.82) is 0 Å². The zero-order valence-corrected chi connectivity index (χ0v) is 18.3. The number of rotatable bonds is 2. The Morgan fingerprint density at radius 3 is 2.67 bits per heavy atom. The summed E-state index contributed by atoms with van der Waals surface area (Å²) in [6.07, 6.45) is 2.60. The van der Waals surface area contributed by atoms with Crippen LogP contribution in [-0.4, -0.2) is 58.3 Å². The van der Waals surface area contributed by atoms with Gasteiger partial charge in [0.25, 0.3) is 5.91 Å². The van der Waals surface area contributed by atoms with Gasteiger partial charge >= 0.3 is 0 Å². The first-order valence-corrected chi connectivity index (χ1v) is 11.2. The predicted octanol–water partition coefficient (Wildman–Crippen LogP) is 3.12. The minimum atomic E-state index is -0.135. The third kappa shape index (κ3) is 3.54. The summed E-state index contributed by atoms with van der Waals surface area (Å²) in [4.78, 5) is 26.7. The van der Waals surface area contributed by atoms with Gasteiger partial charge in [-0.15, -0.1) is 0 Å². The van der Waals surface area contributed by atoms with Gasteiger partial charge in [-0.2, -0.15) is 5.10 Å². The van der Waals surface area contributed by atoms with Crippen LogP contribution in [0.1, 0.15) is 16.8 Å². The standard InChI is InChI=1S/C26H24N4O3/c1-29-23-7-6-19(12-21(23)13-27-29)16-2-3-18-11-20(5-4-17(18)10-16)26(32)30-9-8-24-22(14-30)28-25(31)15-33-24/h2-7,10-13,22,24H,8-9,14-15H2,1H3,(H,28,31)/t22-,24+/m0/s1. The minimum Gasteiger partial charge on any atom is -0.366 e. The maximum Gasteiger partial charge on any atom is 0.253 e. The highest BCUT2D eigenvalue weighted by Gasteiger charge is 2.36. The zero-order chi connectivity index (χ0) is 22.5. The van der Waals surface area contributed by atoms with Crippen molar-refractivity contribution >= 4 is 33.5 Å². The van der Waals surface area contributed by atoms with Crippen molar-refractivity contribution in [2.75, 3.05) is 19.7 Å². The lowest BCUT2D eigenvalue weighted by Crippen LogP contribution is -2.61.